The number of fused-ring (bicyclic) bond motifs is 2. The lowest BCUT2D eigenvalue weighted by Crippen LogP contribution is -2.40. The van der Waals surface area contributed by atoms with Crippen LogP contribution in [-0.4, -0.2) is 40.5 Å². The second-order valence-corrected chi connectivity index (χ2v) is 8.88. The number of nitrogens with one attached hydrogen (secondary N) is 1. The van der Waals surface area contributed by atoms with E-state index in [1.807, 2.05) is 37.4 Å². The average Bonchev–Trinajstić information content (AvgIpc) is 3.33. The quantitative estimate of drug-likeness (QED) is 0.620. The molecular weight excluding hydrogens is 400 g/mol. The van der Waals surface area contributed by atoms with E-state index in [1.165, 1.54) is 12.8 Å². The molecule has 7 nitrogen and oxygen atoms in total. The smallest absolute Gasteiger partial charge is 0.231 e. The number of benzene rings is 1. The molecule has 166 valence electrons. The van der Waals surface area contributed by atoms with Gasteiger partial charge in [0.1, 0.15) is 5.69 Å². The minimum atomic E-state index is -0.0136. The van der Waals surface area contributed by atoms with Crippen LogP contribution in [0.3, 0.4) is 0 Å². The fraction of sp³-hybridized carbons (Fsp3) is 0.440. The summed E-state index contributed by atoms with van der Waals surface area (Å²) in [5, 5.41) is 4.42. The molecule has 32 heavy (non-hydrogen) atoms. The fourth-order valence-electron chi connectivity index (χ4n) is 5.10. The van der Waals surface area contributed by atoms with Crippen molar-refractivity contribution in [2.75, 3.05) is 28.7 Å². The van der Waals surface area contributed by atoms with Crippen molar-refractivity contribution < 1.29 is 4.79 Å². The Morgan fingerprint density at radius 1 is 1.12 bits per heavy atom. The maximum Gasteiger partial charge on any atom is 0.231 e. The highest BCUT2D eigenvalue weighted by atomic mass is 16.2. The standard InChI is InChI=1S/C25H30N6O/c1-3-8-17-16-31(18-9-4-5-10-18)23-22(30(2)24(17)32)15-27-25(29-23)28-21-13-6-12-20-19(21)11-7-14-26-20/h6-7,11-15,17-18H,3-5,8-10,16H2,1-2H3,(H,27,28,29)/t17-/m0/s1. The van der Waals surface area contributed by atoms with Gasteiger partial charge in [-0.25, -0.2) is 4.98 Å². The van der Waals surface area contributed by atoms with E-state index in [0.29, 0.717) is 12.0 Å². The summed E-state index contributed by atoms with van der Waals surface area (Å²) >= 11 is 0. The van der Waals surface area contributed by atoms with Gasteiger partial charge in [-0.3, -0.25) is 9.78 Å². The molecule has 1 atom stereocenters. The van der Waals surface area contributed by atoms with Gasteiger partial charge in [0.2, 0.25) is 11.9 Å². The molecule has 1 saturated carbocycles. The molecule has 0 unspecified atom stereocenters. The van der Waals surface area contributed by atoms with E-state index in [-0.39, 0.29) is 11.8 Å². The van der Waals surface area contributed by atoms with Crippen LogP contribution in [0.5, 0.6) is 0 Å². The van der Waals surface area contributed by atoms with Gasteiger partial charge in [-0.2, -0.15) is 4.98 Å². The van der Waals surface area contributed by atoms with Crippen molar-refractivity contribution in [1.82, 2.24) is 15.0 Å². The summed E-state index contributed by atoms with van der Waals surface area (Å²) in [6.07, 6.45) is 10.2. The molecule has 1 fully saturated rings. The molecule has 2 aliphatic rings. The van der Waals surface area contributed by atoms with Crippen LogP contribution in [0.15, 0.2) is 42.7 Å². The number of carbonyl (C=O) groups excluding carboxylic acids is 1. The van der Waals surface area contributed by atoms with E-state index in [2.05, 4.69) is 27.1 Å². The average molecular weight is 431 g/mol. The number of pyridine rings is 1. The van der Waals surface area contributed by atoms with Gasteiger partial charge < -0.3 is 15.1 Å². The summed E-state index contributed by atoms with van der Waals surface area (Å²) in [6.45, 7) is 2.87. The SMILES string of the molecule is CCC[C@H]1CN(C2CCCC2)c2nc(Nc3cccc4ncccc34)ncc2N(C)C1=O. The lowest BCUT2D eigenvalue weighted by atomic mass is 10.0. The summed E-state index contributed by atoms with van der Waals surface area (Å²) in [7, 11) is 1.86. The van der Waals surface area contributed by atoms with Crippen LogP contribution in [0.4, 0.5) is 23.1 Å². The van der Waals surface area contributed by atoms with Gasteiger partial charge in [0.15, 0.2) is 5.82 Å². The molecule has 1 aliphatic carbocycles. The molecule has 7 heteroatoms. The van der Waals surface area contributed by atoms with Crippen molar-refractivity contribution in [3.63, 3.8) is 0 Å². The molecule has 0 bridgehead atoms. The topological polar surface area (TPSA) is 74.2 Å². The maximum absolute atomic E-state index is 13.2. The third kappa shape index (κ3) is 3.76. The Morgan fingerprint density at radius 3 is 2.78 bits per heavy atom. The number of hydrogen-bond acceptors (Lipinski definition) is 6. The molecule has 1 N–H and O–H groups in total. The zero-order chi connectivity index (χ0) is 22.1. The van der Waals surface area contributed by atoms with Crippen LogP contribution in [0.2, 0.25) is 0 Å². The van der Waals surface area contributed by atoms with Gasteiger partial charge in [0.25, 0.3) is 0 Å². The number of nitrogens with zero attached hydrogens (tertiary/aromatic N) is 5. The van der Waals surface area contributed by atoms with Gasteiger partial charge in [-0.05, 0) is 43.5 Å². The molecular formula is C25H30N6O. The highest BCUT2D eigenvalue weighted by molar-refractivity contribution is 5.99. The summed E-state index contributed by atoms with van der Waals surface area (Å²) in [6, 6.07) is 10.4. The van der Waals surface area contributed by atoms with Gasteiger partial charge >= 0.3 is 0 Å². The Labute approximate surface area is 188 Å². The number of amides is 1. The van der Waals surface area contributed by atoms with E-state index < -0.39 is 0 Å². The predicted molar refractivity (Wildman–Crippen MR) is 128 cm³/mol. The predicted octanol–water partition coefficient (Wildman–Crippen LogP) is 4.91. The third-order valence-corrected chi connectivity index (χ3v) is 6.78. The first-order valence-electron chi connectivity index (χ1n) is 11.7. The lowest BCUT2D eigenvalue weighted by molar-refractivity contribution is -0.121. The Morgan fingerprint density at radius 2 is 1.97 bits per heavy atom. The first-order valence-corrected chi connectivity index (χ1v) is 11.7. The largest absolute Gasteiger partial charge is 0.351 e. The second-order valence-electron chi connectivity index (χ2n) is 8.88. The monoisotopic (exact) mass is 430 g/mol. The van der Waals surface area contributed by atoms with E-state index in [0.717, 1.165) is 60.3 Å². The molecule has 3 heterocycles. The third-order valence-electron chi connectivity index (χ3n) is 6.78. The lowest BCUT2D eigenvalue weighted by Gasteiger charge is -2.31. The van der Waals surface area contributed by atoms with Gasteiger partial charge in [0, 0.05) is 31.2 Å². The van der Waals surface area contributed by atoms with Crippen molar-refractivity contribution in [3.8, 4) is 0 Å². The van der Waals surface area contributed by atoms with Crippen molar-refractivity contribution in [2.24, 2.45) is 5.92 Å². The zero-order valence-corrected chi connectivity index (χ0v) is 18.8. The Kier molecular flexibility index (Phi) is 5.64. The normalized spacial score (nSPS) is 19.3. The molecule has 1 aromatic carbocycles. The molecule has 1 aliphatic heterocycles. The molecule has 0 saturated heterocycles. The van der Waals surface area contributed by atoms with Gasteiger partial charge in [-0.1, -0.05) is 32.3 Å². The summed E-state index contributed by atoms with van der Waals surface area (Å²) in [5.41, 5.74) is 2.64. The molecule has 1 amide bonds. The van der Waals surface area contributed by atoms with Crippen LogP contribution in [0, 0.1) is 5.92 Å². The van der Waals surface area contributed by atoms with E-state index in [1.54, 1.807) is 17.3 Å². The first-order chi connectivity index (χ1) is 15.7. The van der Waals surface area contributed by atoms with Crippen LogP contribution < -0.4 is 15.1 Å². The molecule has 0 spiro atoms. The minimum absolute atomic E-state index is 0.0136. The summed E-state index contributed by atoms with van der Waals surface area (Å²) in [4.78, 5) is 31.4. The van der Waals surface area contributed by atoms with E-state index in [4.69, 9.17) is 4.98 Å². The molecule has 2 aromatic heterocycles. The van der Waals surface area contributed by atoms with E-state index >= 15 is 0 Å². The first kappa shape index (κ1) is 20.7. The van der Waals surface area contributed by atoms with Crippen LogP contribution in [0.25, 0.3) is 10.9 Å². The Bertz CT molecular complexity index is 1120. The summed E-state index contributed by atoms with van der Waals surface area (Å²) < 4.78 is 0. The van der Waals surface area contributed by atoms with Crippen molar-refractivity contribution in [1.29, 1.82) is 0 Å². The summed E-state index contributed by atoms with van der Waals surface area (Å²) in [5.74, 6) is 1.55. The van der Waals surface area contributed by atoms with Crippen LogP contribution in [0.1, 0.15) is 45.4 Å². The molecule has 0 radical (unpaired) electrons. The minimum Gasteiger partial charge on any atom is -0.351 e. The van der Waals surface area contributed by atoms with Crippen LogP contribution >= 0.6 is 0 Å². The van der Waals surface area contributed by atoms with Gasteiger partial charge in [0.05, 0.1) is 23.3 Å². The zero-order valence-electron chi connectivity index (χ0n) is 18.8. The van der Waals surface area contributed by atoms with Crippen molar-refractivity contribution in [2.45, 2.75) is 51.5 Å². The number of rotatable bonds is 5. The highest BCUT2D eigenvalue weighted by Gasteiger charge is 2.36. The maximum atomic E-state index is 13.2. The van der Waals surface area contributed by atoms with E-state index in [9.17, 15) is 4.79 Å². The fourth-order valence-corrected chi connectivity index (χ4v) is 5.10. The Hall–Kier alpha value is -3.22. The highest BCUT2D eigenvalue weighted by Crippen LogP contribution is 2.38. The molecule has 3 aromatic rings. The van der Waals surface area contributed by atoms with Crippen LogP contribution in [-0.2, 0) is 4.79 Å². The number of carbonyl (C=O) groups is 1. The number of anilines is 4. The van der Waals surface area contributed by atoms with Crippen molar-refractivity contribution in [3.05, 3.63) is 42.7 Å². The second kappa shape index (κ2) is 8.73. The number of aromatic nitrogens is 3. The Balaban J connectivity index is 1.55. The van der Waals surface area contributed by atoms with Crippen molar-refractivity contribution >= 4 is 40.0 Å². The molecule has 5 rings (SSSR count). The number of hydrogen-bond donors (Lipinski definition) is 1. The van der Waals surface area contributed by atoms with Gasteiger partial charge in [-0.15, -0.1) is 0 Å².